The highest BCUT2D eigenvalue weighted by Crippen LogP contribution is 2.26. The van der Waals surface area contributed by atoms with Crippen LogP contribution in [0, 0.1) is 0 Å². The van der Waals surface area contributed by atoms with Gasteiger partial charge in [0.2, 0.25) is 0 Å². The molecular formula is C18H21NO3. The molecule has 0 atom stereocenters. The van der Waals surface area contributed by atoms with E-state index < -0.39 is 0 Å². The quantitative estimate of drug-likeness (QED) is 0.736. The standard InChI is InChI=1S/C18H21NO3/c1-20-16-7-4-14(5-8-16)10-11-19-13-15-6-9-17(21-2)18(12-15)22-3/h4-9,12-13H,10-11H2,1-3H3. The predicted octanol–water partition coefficient (Wildman–Crippen LogP) is 3.37. The maximum atomic E-state index is 5.28. The van der Waals surface area contributed by atoms with E-state index in [1.54, 1.807) is 21.3 Å². The van der Waals surface area contributed by atoms with E-state index in [4.69, 9.17) is 14.2 Å². The van der Waals surface area contributed by atoms with Crippen LogP contribution in [0.5, 0.6) is 17.2 Å². The summed E-state index contributed by atoms with van der Waals surface area (Å²) < 4.78 is 15.6. The van der Waals surface area contributed by atoms with Crippen LogP contribution in [0.2, 0.25) is 0 Å². The molecule has 2 aromatic carbocycles. The number of hydrogen-bond acceptors (Lipinski definition) is 4. The Kier molecular flexibility index (Phi) is 5.83. The molecule has 116 valence electrons. The molecule has 0 aliphatic carbocycles. The van der Waals surface area contributed by atoms with Crippen molar-refractivity contribution in [3.63, 3.8) is 0 Å². The first-order chi connectivity index (χ1) is 10.8. The van der Waals surface area contributed by atoms with Crippen LogP contribution in [0.3, 0.4) is 0 Å². The Balaban J connectivity index is 1.91. The lowest BCUT2D eigenvalue weighted by atomic mass is 10.1. The lowest BCUT2D eigenvalue weighted by Crippen LogP contribution is -1.93. The molecule has 0 saturated heterocycles. The number of rotatable bonds is 7. The van der Waals surface area contributed by atoms with E-state index in [0.717, 1.165) is 30.0 Å². The van der Waals surface area contributed by atoms with Crippen LogP contribution in [-0.4, -0.2) is 34.1 Å². The van der Waals surface area contributed by atoms with Gasteiger partial charge in [-0.1, -0.05) is 12.1 Å². The molecule has 0 spiro atoms. The maximum Gasteiger partial charge on any atom is 0.161 e. The van der Waals surface area contributed by atoms with Crippen molar-refractivity contribution in [2.75, 3.05) is 27.9 Å². The molecule has 4 heteroatoms. The number of ether oxygens (including phenoxy) is 3. The fraction of sp³-hybridized carbons (Fsp3) is 0.278. The molecule has 0 aromatic heterocycles. The first kappa shape index (κ1) is 15.9. The van der Waals surface area contributed by atoms with Gasteiger partial charge in [0, 0.05) is 12.8 Å². The summed E-state index contributed by atoms with van der Waals surface area (Å²) >= 11 is 0. The molecule has 0 aliphatic heterocycles. The highest BCUT2D eigenvalue weighted by molar-refractivity contribution is 5.80. The summed E-state index contributed by atoms with van der Waals surface area (Å²) in [5.41, 5.74) is 2.23. The Hall–Kier alpha value is -2.49. The topological polar surface area (TPSA) is 40.0 Å². The number of hydrogen-bond donors (Lipinski definition) is 0. The molecule has 2 rings (SSSR count). The van der Waals surface area contributed by atoms with Crippen molar-refractivity contribution in [2.45, 2.75) is 6.42 Å². The molecule has 0 N–H and O–H groups in total. The molecule has 0 heterocycles. The van der Waals surface area contributed by atoms with Crippen LogP contribution in [0.15, 0.2) is 47.5 Å². The highest BCUT2D eigenvalue weighted by atomic mass is 16.5. The monoisotopic (exact) mass is 299 g/mol. The van der Waals surface area contributed by atoms with Gasteiger partial charge in [0.1, 0.15) is 5.75 Å². The average molecular weight is 299 g/mol. The summed E-state index contributed by atoms with van der Waals surface area (Å²) in [6.07, 6.45) is 2.75. The summed E-state index contributed by atoms with van der Waals surface area (Å²) in [5, 5.41) is 0. The van der Waals surface area contributed by atoms with E-state index in [-0.39, 0.29) is 0 Å². The maximum absolute atomic E-state index is 5.28. The number of benzene rings is 2. The van der Waals surface area contributed by atoms with Crippen LogP contribution in [-0.2, 0) is 6.42 Å². The summed E-state index contributed by atoms with van der Waals surface area (Å²) in [6, 6.07) is 13.8. The second-order valence-corrected chi connectivity index (χ2v) is 4.75. The van der Waals surface area contributed by atoms with Gasteiger partial charge in [0.05, 0.1) is 21.3 Å². The van der Waals surface area contributed by atoms with Gasteiger partial charge in [0.15, 0.2) is 11.5 Å². The van der Waals surface area contributed by atoms with E-state index in [9.17, 15) is 0 Å². The molecule has 0 radical (unpaired) electrons. The number of methoxy groups -OCH3 is 3. The minimum absolute atomic E-state index is 0.710. The normalized spacial score (nSPS) is 10.7. The van der Waals surface area contributed by atoms with Crippen LogP contribution in [0.4, 0.5) is 0 Å². The Morgan fingerprint density at radius 3 is 2.23 bits per heavy atom. The van der Waals surface area contributed by atoms with Crippen molar-refractivity contribution < 1.29 is 14.2 Å². The predicted molar refractivity (Wildman–Crippen MR) is 88.7 cm³/mol. The van der Waals surface area contributed by atoms with Crippen molar-refractivity contribution in [1.29, 1.82) is 0 Å². The van der Waals surface area contributed by atoms with Gasteiger partial charge in [-0.2, -0.15) is 0 Å². The minimum atomic E-state index is 0.710. The third-order valence-electron chi connectivity index (χ3n) is 3.34. The Bertz CT molecular complexity index is 621. The highest BCUT2D eigenvalue weighted by Gasteiger charge is 2.02. The molecule has 0 unspecified atom stereocenters. The van der Waals surface area contributed by atoms with E-state index in [2.05, 4.69) is 17.1 Å². The zero-order valence-corrected chi connectivity index (χ0v) is 13.2. The molecule has 0 amide bonds. The molecule has 2 aromatic rings. The molecule has 0 bridgehead atoms. The van der Waals surface area contributed by atoms with Crippen molar-refractivity contribution in [3.05, 3.63) is 53.6 Å². The van der Waals surface area contributed by atoms with E-state index in [1.807, 2.05) is 36.5 Å². The van der Waals surface area contributed by atoms with Gasteiger partial charge < -0.3 is 14.2 Å². The van der Waals surface area contributed by atoms with Gasteiger partial charge in [-0.25, -0.2) is 0 Å². The van der Waals surface area contributed by atoms with Crippen molar-refractivity contribution in [2.24, 2.45) is 4.99 Å². The third-order valence-corrected chi connectivity index (χ3v) is 3.34. The summed E-state index contributed by atoms with van der Waals surface area (Å²) in [4.78, 5) is 4.46. The number of aliphatic imine (C=N–C) groups is 1. The van der Waals surface area contributed by atoms with E-state index in [0.29, 0.717) is 5.75 Å². The Morgan fingerprint density at radius 1 is 0.864 bits per heavy atom. The molecular weight excluding hydrogens is 278 g/mol. The molecule has 0 aliphatic rings. The van der Waals surface area contributed by atoms with Crippen molar-refractivity contribution in [1.82, 2.24) is 0 Å². The second kappa shape index (κ2) is 8.08. The smallest absolute Gasteiger partial charge is 0.161 e. The first-order valence-electron chi connectivity index (χ1n) is 7.11. The minimum Gasteiger partial charge on any atom is -0.497 e. The SMILES string of the molecule is COc1ccc(CCN=Cc2ccc(OC)c(OC)c2)cc1. The van der Waals surface area contributed by atoms with Crippen LogP contribution in [0.1, 0.15) is 11.1 Å². The van der Waals surface area contributed by atoms with Gasteiger partial charge >= 0.3 is 0 Å². The van der Waals surface area contributed by atoms with Crippen molar-refractivity contribution >= 4 is 6.21 Å². The molecule has 0 saturated carbocycles. The van der Waals surface area contributed by atoms with Gasteiger partial charge in [0.25, 0.3) is 0 Å². The molecule has 0 fully saturated rings. The van der Waals surface area contributed by atoms with Gasteiger partial charge in [-0.05, 0) is 47.9 Å². The largest absolute Gasteiger partial charge is 0.497 e. The Labute approximate surface area is 131 Å². The lowest BCUT2D eigenvalue weighted by Gasteiger charge is -2.07. The van der Waals surface area contributed by atoms with Crippen LogP contribution in [0.25, 0.3) is 0 Å². The van der Waals surface area contributed by atoms with Gasteiger partial charge in [-0.15, -0.1) is 0 Å². The first-order valence-corrected chi connectivity index (χ1v) is 7.11. The second-order valence-electron chi connectivity index (χ2n) is 4.75. The van der Waals surface area contributed by atoms with Crippen molar-refractivity contribution in [3.8, 4) is 17.2 Å². The summed E-state index contributed by atoms with van der Waals surface area (Å²) in [7, 11) is 4.92. The zero-order valence-electron chi connectivity index (χ0n) is 13.2. The third kappa shape index (κ3) is 4.25. The Morgan fingerprint density at radius 2 is 1.59 bits per heavy atom. The fourth-order valence-corrected chi connectivity index (χ4v) is 2.09. The summed E-state index contributed by atoms with van der Waals surface area (Å²) in [6.45, 7) is 0.737. The van der Waals surface area contributed by atoms with Gasteiger partial charge in [-0.3, -0.25) is 4.99 Å². The van der Waals surface area contributed by atoms with E-state index >= 15 is 0 Å². The average Bonchev–Trinajstić information content (AvgIpc) is 2.59. The van der Waals surface area contributed by atoms with Crippen LogP contribution < -0.4 is 14.2 Å². The van der Waals surface area contributed by atoms with Crippen LogP contribution >= 0.6 is 0 Å². The molecule has 4 nitrogen and oxygen atoms in total. The lowest BCUT2D eigenvalue weighted by molar-refractivity contribution is 0.355. The zero-order chi connectivity index (χ0) is 15.8. The molecule has 22 heavy (non-hydrogen) atoms. The summed E-state index contributed by atoms with van der Waals surface area (Å²) in [5.74, 6) is 2.30. The van der Waals surface area contributed by atoms with E-state index in [1.165, 1.54) is 5.56 Å². The fourth-order valence-electron chi connectivity index (χ4n) is 2.09. The number of nitrogens with zero attached hydrogens (tertiary/aromatic N) is 1.